The lowest BCUT2D eigenvalue weighted by atomic mass is 10.2. The highest BCUT2D eigenvalue weighted by molar-refractivity contribution is 5.55. The number of pyridine rings is 1. The topological polar surface area (TPSA) is 64.9 Å². The molecule has 0 spiro atoms. The van der Waals surface area contributed by atoms with Gasteiger partial charge in [0.25, 0.3) is 0 Å². The monoisotopic (exact) mass is 395 g/mol. The van der Waals surface area contributed by atoms with E-state index in [1.54, 1.807) is 18.3 Å². The summed E-state index contributed by atoms with van der Waals surface area (Å²) in [5.74, 6) is -1.34. The van der Waals surface area contributed by atoms with Gasteiger partial charge in [0.2, 0.25) is 5.95 Å². The van der Waals surface area contributed by atoms with E-state index >= 15 is 0 Å². The third-order valence-electron chi connectivity index (χ3n) is 3.67. The van der Waals surface area contributed by atoms with Crippen molar-refractivity contribution in [3.8, 4) is 11.7 Å². The van der Waals surface area contributed by atoms with Gasteiger partial charge in [0.1, 0.15) is 5.82 Å². The minimum atomic E-state index is -4.81. The number of alkyl halides is 3. The summed E-state index contributed by atoms with van der Waals surface area (Å²) in [5.41, 5.74) is 0.00881. The molecular formula is C18H17F4N5O. The van der Waals surface area contributed by atoms with Gasteiger partial charge in [-0.2, -0.15) is 22.8 Å². The summed E-state index contributed by atoms with van der Waals surface area (Å²) >= 11 is 0. The maximum absolute atomic E-state index is 13.5. The first kappa shape index (κ1) is 19.6. The molecule has 0 aliphatic heterocycles. The molecule has 0 aliphatic rings. The molecule has 3 rings (SSSR count). The van der Waals surface area contributed by atoms with Crippen LogP contribution in [0.15, 0.2) is 36.5 Å². The Bertz CT molecular complexity index is 971. The van der Waals surface area contributed by atoms with Gasteiger partial charge in [0.15, 0.2) is 0 Å². The second kappa shape index (κ2) is 7.83. The summed E-state index contributed by atoms with van der Waals surface area (Å²) in [4.78, 5) is 8.30. The average Bonchev–Trinajstić information content (AvgIpc) is 3.03. The third-order valence-corrected chi connectivity index (χ3v) is 3.67. The van der Waals surface area contributed by atoms with E-state index < -0.39 is 17.6 Å². The molecule has 10 heteroatoms. The molecule has 0 amide bonds. The average molecular weight is 395 g/mol. The SMILES string of the molecule is CCCOc1nc(Nc2ccc(F)c(C(F)(F)F)c2)nn1-c1ccnc(C)c1. The fourth-order valence-corrected chi connectivity index (χ4v) is 2.42. The fourth-order valence-electron chi connectivity index (χ4n) is 2.42. The Balaban J connectivity index is 1.95. The Morgan fingerprint density at radius 2 is 1.96 bits per heavy atom. The Kier molecular flexibility index (Phi) is 5.48. The molecule has 6 nitrogen and oxygen atoms in total. The number of hydrogen-bond donors (Lipinski definition) is 1. The maximum Gasteiger partial charge on any atom is 0.419 e. The number of ether oxygens (including phenoxy) is 1. The lowest BCUT2D eigenvalue weighted by Gasteiger charge is -2.10. The number of halogens is 4. The molecule has 1 N–H and O–H groups in total. The predicted molar refractivity (Wildman–Crippen MR) is 94.4 cm³/mol. The lowest BCUT2D eigenvalue weighted by molar-refractivity contribution is -0.139. The van der Waals surface area contributed by atoms with Gasteiger partial charge in [-0.1, -0.05) is 6.92 Å². The standard InChI is InChI=1S/C18H17F4N5O/c1-3-8-28-17-25-16(26-27(17)13-6-7-23-11(2)9-13)24-12-4-5-15(19)14(10-12)18(20,21)22/h4-7,9-10H,3,8H2,1-2H3,(H,24,26). The molecule has 0 bridgehead atoms. The normalized spacial score (nSPS) is 11.5. The van der Waals surface area contributed by atoms with Crippen molar-refractivity contribution in [3.05, 3.63) is 53.6 Å². The summed E-state index contributed by atoms with van der Waals surface area (Å²) in [5, 5.41) is 6.91. The summed E-state index contributed by atoms with van der Waals surface area (Å²) in [6, 6.07) is 6.21. The van der Waals surface area contributed by atoms with Crippen molar-refractivity contribution < 1.29 is 22.3 Å². The Morgan fingerprint density at radius 3 is 2.64 bits per heavy atom. The molecule has 1 aromatic carbocycles. The van der Waals surface area contributed by atoms with Crippen LogP contribution in [0.5, 0.6) is 6.01 Å². The largest absolute Gasteiger partial charge is 0.463 e. The highest BCUT2D eigenvalue weighted by Gasteiger charge is 2.34. The molecule has 28 heavy (non-hydrogen) atoms. The van der Waals surface area contributed by atoms with E-state index in [9.17, 15) is 17.6 Å². The fraction of sp³-hybridized carbons (Fsp3) is 0.278. The van der Waals surface area contributed by atoms with Crippen LogP contribution in [0.2, 0.25) is 0 Å². The van der Waals surface area contributed by atoms with E-state index in [2.05, 4.69) is 20.4 Å². The molecule has 2 heterocycles. The number of nitrogens with zero attached hydrogens (tertiary/aromatic N) is 4. The number of anilines is 2. The molecular weight excluding hydrogens is 378 g/mol. The van der Waals surface area contributed by atoms with E-state index in [4.69, 9.17) is 4.74 Å². The molecule has 148 valence electrons. The number of aryl methyl sites for hydroxylation is 1. The molecule has 0 unspecified atom stereocenters. The van der Waals surface area contributed by atoms with Gasteiger partial charge < -0.3 is 10.1 Å². The molecule has 0 saturated heterocycles. The van der Waals surface area contributed by atoms with Crippen molar-refractivity contribution in [2.24, 2.45) is 0 Å². The maximum atomic E-state index is 13.5. The van der Waals surface area contributed by atoms with Gasteiger partial charge in [-0.05, 0) is 43.7 Å². The van der Waals surface area contributed by atoms with Crippen LogP contribution < -0.4 is 10.1 Å². The second-order valence-electron chi connectivity index (χ2n) is 5.95. The predicted octanol–water partition coefficient (Wildman–Crippen LogP) is 4.66. The van der Waals surface area contributed by atoms with Crippen molar-refractivity contribution in [2.45, 2.75) is 26.4 Å². The van der Waals surface area contributed by atoms with Gasteiger partial charge in [-0.3, -0.25) is 4.98 Å². The van der Waals surface area contributed by atoms with E-state index in [1.807, 2.05) is 13.8 Å². The zero-order valence-electron chi connectivity index (χ0n) is 15.1. The van der Waals surface area contributed by atoms with Crippen LogP contribution >= 0.6 is 0 Å². The van der Waals surface area contributed by atoms with Crippen LogP contribution in [0.25, 0.3) is 5.69 Å². The Morgan fingerprint density at radius 1 is 1.18 bits per heavy atom. The number of hydrogen-bond acceptors (Lipinski definition) is 5. The number of benzene rings is 1. The van der Waals surface area contributed by atoms with Crippen molar-refractivity contribution in [1.29, 1.82) is 0 Å². The first-order valence-electron chi connectivity index (χ1n) is 8.44. The molecule has 0 radical (unpaired) electrons. The van der Waals surface area contributed by atoms with E-state index in [1.165, 1.54) is 10.7 Å². The summed E-state index contributed by atoms with van der Waals surface area (Å²) < 4.78 is 59.2. The summed E-state index contributed by atoms with van der Waals surface area (Å²) in [6.07, 6.45) is -2.48. The van der Waals surface area contributed by atoms with Gasteiger partial charge in [0, 0.05) is 17.6 Å². The third kappa shape index (κ3) is 4.38. The number of nitrogens with one attached hydrogen (secondary N) is 1. The lowest BCUT2D eigenvalue weighted by Crippen LogP contribution is -2.08. The molecule has 2 aromatic heterocycles. The van der Waals surface area contributed by atoms with Crippen LogP contribution in [-0.4, -0.2) is 26.4 Å². The van der Waals surface area contributed by atoms with Crippen molar-refractivity contribution in [1.82, 2.24) is 19.7 Å². The summed E-state index contributed by atoms with van der Waals surface area (Å²) in [7, 11) is 0. The highest BCUT2D eigenvalue weighted by atomic mass is 19.4. The first-order valence-corrected chi connectivity index (χ1v) is 8.44. The van der Waals surface area contributed by atoms with Crippen LogP contribution in [-0.2, 0) is 6.18 Å². The molecule has 0 saturated carbocycles. The highest BCUT2D eigenvalue weighted by Crippen LogP contribution is 2.33. The second-order valence-corrected chi connectivity index (χ2v) is 5.95. The summed E-state index contributed by atoms with van der Waals surface area (Å²) in [6.45, 7) is 4.12. The minimum Gasteiger partial charge on any atom is -0.463 e. The quantitative estimate of drug-likeness (QED) is 0.615. The van der Waals surface area contributed by atoms with Crippen molar-refractivity contribution >= 4 is 11.6 Å². The van der Waals surface area contributed by atoms with Gasteiger partial charge in [0.05, 0.1) is 17.9 Å². The van der Waals surface area contributed by atoms with Gasteiger partial charge in [-0.15, -0.1) is 5.10 Å². The Labute approximate surface area is 158 Å². The smallest absolute Gasteiger partial charge is 0.419 e. The number of rotatable bonds is 6. The Hall–Kier alpha value is -3.17. The molecule has 0 fully saturated rings. The molecule has 3 aromatic rings. The van der Waals surface area contributed by atoms with E-state index in [-0.39, 0.29) is 17.6 Å². The zero-order valence-corrected chi connectivity index (χ0v) is 15.1. The van der Waals surface area contributed by atoms with Crippen LogP contribution in [0.4, 0.5) is 29.2 Å². The minimum absolute atomic E-state index is 0.00109. The molecule has 0 atom stereocenters. The van der Waals surface area contributed by atoms with E-state index in [0.29, 0.717) is 18.4 Å². The van der Waals surface area contributed by atoms with Gasteiger partial charge in [-0.25, -0.2) is 4.39 Å². The van der Waals surface area contributed by atoms with Crippen molar-refractivity contribution in [2.75, 3.05) is 11.9 Å². The molecule has 0 aliphatic carbocycles. The number of aromatic nitrogens is 4. The van der Waals surface area contributed by atoms with Crippen LogP contribution in [0, 0.1) is 12.7 Å². The van der Waals surface area contributed by atoms with Gasteiger partial charge >= 0.3 is 12.2 Å². The van der Waals surface area contributed by atoms with Crippen LogP contribution in [0.1, 0.15) is 24.6 Å². The van der Waals surface area contributed by atoms with Crippen LogP contribution in [0.3, 0.4) is 0 Å². The van der Waals surface area contributed by atoms with E-state index in [0.717, 1.165) is 18.2 Å². The first-order chi connectivity index (χ1) is 13.3. The van der Waals surface area contributed by atoms with Crippen molar-refractivity contribution in [3.63, 3.8) is 0 Å². The zero-order chi connectivity index (χ0) is 20.3.